The largest absolute Gasteiger partial charge is 0.494 e. The van der Waals surface area contributed by atoms with Crippen molar-refractivity contribution in [1.82, 2.24) is 30.7 Å². The highest BCUT2D eigenvalue weighted by Crippen LogP contribution is 2.15. The molecule has 3 rings (SSSR count). The monoisotopic (exact) mass is 356 g/mol. The first kappa shape index (κ1) is 17.1. The van der Waals surface area contributed by atoms with Crippen LogP contribution in [-0.4, -0.2) is 44.0 Å². The Hall–Kier alpha value is -3.76. The second-order valence-electron chi connectivity index (χ2n) is 5.11. The molecule has 3 N–H and O–H groups in total. The van der Waals surface area contributed by atoms with Gasteiger partial charge in [-0.05, 0) is 54.0 Å². The molecule has 0 aliphatic carbocycles. The van der Waals surface area contributed by atoms with Crippen molar-refractivity contribution in [3.05, 3.63) is 41.2 Å². The minimum Gasteiger partial charge on any atom is -0.494 e. The first-order chi connectivity index (χ1) is 12.6. The number of nitrogens with one attached hydrogen (secondary N) is 1. The second kappa shape index (κ2) is 7.42. The summed E-state index contributed by atoms with van der Waals surface area (Å²) in [6.45, 7) is 4.13. The minimum atomic E-state index is -0.530. The summed E-state index contributed by atoms with van der Waals surface area (Å²) < 4.78 is 11.0. The zero-order chi connectivity index (χ0) is 18.5. The average molecular weight is 356 g/mol. The third-order valence-electron chi connectivity index (χ3n) is 3.32. The zero-order valence-electron chi connectivity index (χ0n) is 14.1. The maximum absolute atomic E-state index is 12.4. The molecule has 0 unspecified atom stereocenters. The highest BCUT2D eigenvalue weighted by molar-refractivity contribution is 5.94. The molecule has 134 valence electrons. The van der Waals surface area contributed by atoms with Gasteiger partial charge in [-0.15, -0.1) is 5.10 Å². The Morgan fingerprint density at radius 3 is 2.81 bits per heavy atom. The number of hydrogen-bond acceptors (Lipinski definition) is 9. The summed E-state index contributed by atoms with van der Waals surface area (Å²) in [7, 11) is 0. The second-order valence-corrected chi connectivity index (χ2v) is 5.11. The molecule has 3 aromatic rings. The summed E-state index contributed by atoms with van der Waals surface area (Å²) in [4.78, 5) is 12.4. The third-order valence-corrected chi connectivity index (χ3v) is 3.32. The predicted molar refractivity (Wildman–Crippen MR) is 91.0 cm³/mol. The molecule has 0 radical (unpaired) electrons. The van der Waals surface area contributed by atoms with E-state index in [9.17, 15) is 4.79 Å². The van der Waals surface area contributed by atoms with Gasteiger partial charge in [0.05, 0.1) is 18.5 Å². The average Bonchev–Trinajstić information content (AvgIpc) is 3.22. The summed E-state index contributed by atoms with van der Waals surface area (Å²) in [5.74, 6) is 0.295. The van der Waals surface area contributed by atoms with Gasteiger partial charge in [-0.1, -0.05) is 5.21 Å². The van der Waals surface area contributed by atoms with E-state index in [0.29, 0.717) is 12.3 Å². The van der Waals surface area contributed by atoms with Crippen molar-refractivity contribution in [1.29, 1.82) is 0 Å². The molecule has 0 fully saturated rings. The fourth-order valence-electron chi connectivity index (χ4n) is 2.14. The van der Waals surface area contributed by atoms with Gasteiger partial charge in [-0.2, -0.15) is 9.78 Å². The predicted octanol–water partition coefficient (Wildman–Crippen LogP) is 0.704. The van der Waals surface area contributed by atoms with Crippen LogP contribution >= 0.6 is 0 Å². The van der Waals surface area contributed by atoms with Crippen LogP contribution in [-0.2, 0) is 0 Å². The summed E-state index contributed by atoms with van der Waals surface area (Å²) in [6.07, 6.45) is 1.50. The molecule has 11 nitrogen and oxygen atoms in total. The van der Waals surface area contributed by atoms with Crippen molar-refractivity contribution in [3.63, 3.8) is 0 Å². The molecule has 1 aromatic carbocycles. The van der Waals surface area contributed by atoms with Crippen LogP contribution in [0.2, 0.25) is 0 Å². The molecule has 1 amide bonds. The summed E-state index contributed by atoms with van der Waals surface area (Å²) in [5, 5.41) is 18.7. The molecule has 11 heteroatoms. The third kappa shape index (κ3) is 3.50. The van der Waals surface area contributed by atoms with E-state index in [1.165, 1.54) is 6.21 Å². The van der Waals surface area contributed by atoms with Crippen LogP contribution in [0.25, 0.3) is 5.82 Å². The molecule has 0 bridgehead atoms. The van der Waals surface area contributed by atoms with Gasteiger partial charge in [0.15, 0.2) is 5.69 Å². The van der Waals surface area contributed by atoms with Crippen LogP contribution in [0.4, 0.5) is 5.82 Å². The number of aromatic nitrogens is 5. The van der Waals surface area contributed by atoms with E-state index in [0.717, 1.165) is 16.0 Å². The molecule has 0 aliphatic rings. The van der Waals surface area contributed by atoms with Crippen molar-refractivity contribution >= 4 is 17.9 Å². The van der Waals surface area contributed by atoms with E-state index in [-0.39, 0.29) is 17.3 Å². The van der Waals surface area contributed by atoms with Crippen LogP contribution in [0.3, 0.4) is 0 Å². The molecular weight excluding hydrogens is 340 g/mol. The van der Waals surface area contributed by atoms with Gasteiger partial charge >= 0.3 is 0 Å². The highest BCUT2D eigenvalue weighted by Gasteiger charge is 2.22. The number of hydrogen-bond donors (Lipinski definition) is 2. The zero-order valence-corrected chi connectivity index (χ0v) is 14.1. The number of carbonyl (C=O) groups excluding carboxylic acids is 1. The van der Waals surface area contributed by atoms with Crippen LogP contribution in [0, 0.1) is 6.92 Å². The number of anilines is 1. The Morgan fingerprint density at radius 2 is 2.15 bits per heavy atom. The van der Waals surface area contributed by atoms with Crippen molar-refractivity contribution in [2.45, 2.75) is 13.8 Å². The van der Waals surface area contributed by atoms with E-state index in [2.05, 4.69) is 35.8 Å². The molecule has 26 heavy (non-hydrogen) atoms. The number of nitrogens with two attached hydrogens (primary N) is 1. The summed E-state index contributed by atoms with van der Waals surface area (Å²) in [5.41, 5.74) is 9.34. The number of ether oxygens (including phenoxy) is 1. The first-order valence-electron chi connectivity index (χ1n) is 7.67. The quantitative estimate of drug-likeness (QED) is 0.485. The van der Waals surface area contributed by atoms with Gasteiger partial charge in [-0.3, -0.25) is 4.79 Å². The van der Waals surface area contributed by atoms with Crippen LogP contribution in [0.1, 0.15) is 28.7 Å². The topological polar surface area (TPSA) is 146 Å². The normalized spacial score (nSPS) is 11.0. The van der Waals surface area contributed by atoms with E-state index < -0.39 is 5.91 Å². The molecule has 0 atom stereocenters. The minimum absolute atomic E-state index is 0.0122. The van der Waals surface area contributed by atoms with E-state index in [1.54, 1.807) is 6.92 Å². The SMILES string of the molecule is CCOc1ccc(/C=N/NC(=O)c2c(C)nnn2-c2nonc2N)cc1. The van der Waals surface area contributed by atoms with Crippen LogP contribution in [0.15, 0.2) is 34.0 Å². The number of carbonyl (C=O) groups is 1. The molecule has 0 aliphatic heterocycles. The molecule has 0 saturated heterocycles. The standard InChI is InChI=1S/C15H16N8O3/c1-3-25-11-6-4-10(5-7-11)8-17-19-15(24)12-9(2)18-22-23(12)14-13(16)20-26-21-14/h4-8H,3H2,1-2H3,(H2,16,20)(H,19,24)/b17-8+. The fraction of sp³-hybridized carbons (Fsp3) is 0.200. The summed E-state index contributed by atoms with van der Waals surface area (Å²) >= 11 is 0. The molecular formula is C15H16N8O3. The Labute approximate surface area is 147 Å². The maximum Gasteiger partial charge on any atom is 0.292 e. The summed E-state index contributed by atoms with van der Waals surface area (Å²) in [6, 6.07) is 7.27. The van der Waals surface area contributed by atoms with E-state index in [4.69, 9.17) is 10.5 Å². The van der Waals surface area contributed by atoms with Gasteiger partial charge in [0, 0.05) is 0 Å². The lowest BCUT2D eigenvalue weighted by atomic mass is 10.2. The number of nitrogen functional groups attached to an aromatic ring is 1. The smallest absolute Gasteiger partial charge is 0.292 e. The lowest BCUT2D eigenvalue weighted by molar-refractivity contribution is 0.0946. The lowest BCUT2D eigenvalue weighted by Crippen LogP contribution is -2.22. The van der Waals surface area contributed by atoms with Gasteiger partial charge in [-0.25, -0.2) is 10.1 Å². The molecule has 0 saturated carbocycles. The van der Waals surface area contributed by atoms with Crippen LogP contribution < -0.4 is 15.9 Å². The van der Waals surface area contributed by atoms with Crippen molar-refractivity contribution in [2.75, 3.05) is 12.3 Å². The Morgan fingerprint density at radius 1 is 1.38 bits per heavy atom. The maximum atomic E-state index is 12.4. The number of rotatable bonds is 6. The fourth-order valence-corrected chi connectivity index (χ4v) is 2.14. The van der Waals surface area contributed by atoms with Crippen molar-refractivity contribution in [2.24, 2.45) is 5.10 Å². The Kier molecular flexibility index (Phi) is 4.87. The van der Waals surface area contributed by atoms with Gasteiger partial charge < -0.3 is 10.5 Å². The number of nitrogens with zero attached hydrogens (tertiary/aromatic N) is 6. The van der Waals surface area contributed by atoms with Gasteiger partial charge in [0.2, 0.25) is 11.6 Å². The molecule has 2 aromatic heterocycles. The molecule has 2 heterocycles. The molecule has 0 spiro atoms. The van der Waals surface area contributed by atoms with Crippen molar-refractivity contribution in [3.8, 4) is 11.6 Å². The van der Waals surface area contributed by atoms with Crippen LogP contribution in [0.5, 0.6) is 5.75 Å². The van der Waals surface area contributed by atoms with E-state index >= 15 is 0 Å². The first-order valence-corrected chi connectivity index (χ1v) is 7.67. The van der Waals surface area contributed by atoms with E-state index in [1.807, 2.05) is 31.2 Å². The lowest BCUT2D eigenvalue weighted by Gasteiger charge is -2.03. The number of hydrazone groups is 1. The highest BCUT2D eigenvalue weighted by atomic mass is 16.6. The number of aryl methyl sites for hydroxylation is 1. The Bertz CT molecular complexity index is 929. The number of benzene rings is 1. The number of amides is 1. The van der Waals surface area contributed by atoms with Gasteiger partial charge in [0.1, 0.15) is 5.75 Å². The Balaban J connectivity index is 1.73. The van der Waals surface area contributed by atoms with Crippen molar-refractivity contribution < 1.29 is 14.2 Å². The van der Waals surface area contributed by atoms with Gasteiger partial charge in [0.25, 0.3) is 5.91 Å².